The van der Waals surface area contributed by atoms with E-state index in [2.05, 4.69) is 133 Å². The average molecular weight is 847 g/mol. The lowest BCUT2D eigenvalue weighted by Gasteiger charge is -2.12. The fraction of sp³-hybridized carbons (Fsp3) is 0. The van der Waals surface area contributed by atoms with E-state index in [0.29, 0.717) is 0 Å². The smallest absolute Gasteiger partial charge is 0.0585 e. The van der Waals surface area contributed by atoms with Crippen LogP contribution in [0, 0.1) is 0 Å². The molecule has 1 aliphatic carbocycles. The van der Waals surface area contributed by atoms with Crippen LogP contribution in [0.15, 0.2) is 231 Å². The highest BCUT2D eigenvalue weighted by molar-refractivity contribution is 8.26. The van der Waals surface area contributed by atoms with Crippen LogP contribution >= 0.6 is 118 Å². The van der Waals surface area contributed by atoms with Gasteiger partial charge in [0, 0.05) is 75.5 Å². The van der Waals surface area contributed by atoms with Crippen LogP contribution < -0.4 is 0 Å². The molecule has 0 saturated heterocycles. The third kappa shape index (κ3) is 5.92. The summed E-state index contributed by atoms with van der Waals surface area (Å²) in [5, 5.41) is 0. The van der Waals surface area contributed by atoms with Gasteiger partial charge >= 0.3 is 0 Å². The first-order valence-corrected chi connectivity index (χ1v) is 24.5. The van der Waals surface area contributed by atoms with E-state index in [-0.39, 0.29) is 0 Å². The molecule has 0 atom stereocenters. The summed E-state index contributed by atoms with van der Waals surface area (Å²) in [5.41, 5.74) is 6.84. The Morgan fingerprint density at radius 2 is 0.481 bits per heavy atom. The summed E-state index contributed by atoms with van der Waals surface area (Å²) < 4.78 is 6.79. The van der Waals surface area contributed by atoms with Crippen molar-refractivity contribution in [2.75, 3.05) is 0 Å². The zero-order chi connectivity index (χ0) is 34.2. The molecule has 0 radical (unpaired) electrons. The van der Waals surface area contributed by atoms with Gasteiger partial charge in [0.05, 0.1) is 16.9 Å². The van der Waals surface area contributed by atoms with Crippen molar-refractivity contribution in [1.29, 1.82) is 0 Å². The minimum Gasteiger partial charge on any atom is -0.0815 e. The largest absolute Gasteiger partial charge is 0.0815 e. The van der Waals surface area contributed by atoms with Gasteiger partial charge in [-0.05, 0) is 72.3 Å². The maximum Gasteiger partial charge on any atom is 0.0585 e. The van der Waals surface area contributed by atoms with Gasteiger partial charge in [0.25, 0.3) is 0 Å². The van der Waals surface area contributed by atoms with E-state index in [9.17, 15) is 0 Å². The molecule has 0 N–H and O–H groups in total. The standard InChI is InChI=1S/C42H22S10/c1-2-12-25-24(11-1)43-34(44-25)22-21-23-35(39-45-26-13-3-4-14-27(26)46-39)37(41-49-30-17-7-8-18-31(30)50-41)38(42-51-32-19-9-10-20-33(32)52-42)36(23)40-47-28-15-5-6-16-29(28)48-40/h1-22H. The molecule has 11 rings (SSSR count). The Balaban J connectivity index is 1.20. The van der Waals surface area contributed by atoms with Crippen LogP contribution in [0.25, 0.3) is 0 Å². The SMILES string of the molecule is C(C=C1C(=C2Sc3ccccc3S2)C(=C2Sc3ccccc3S2)C(=C2Sc3ccccc3S2)C1=C1Sc2ccccc2S1)=C1Sc2ccccc2S1. The van der Waals surface area contributed by atoms with Crippen molar-refractivity contribution in [3.8, 4) is 0 Å². The van der Waals surface area contributed by atoms with Gasteiger partial charge in [0.2, 0.25) is 0 Å². The Kier molecular flexibility index (Phi) is 8.96. The Labute approximate surface area is 345 Å². The van der Waals surface area contributed by atoms with Gasteiger partial charge in [-0.3, -0.25) is 0 Å². The summed E-state index contributed by atoms with van der Waals surface area (Å²) in [6.45, 7) is 0. The highest BCUT2D eigenvalue weighted by Crippen LogP contribution is 2.68. The number of fused-ring (bicyclic) bond motifs is 5. The molecule has 5 aliphatic heterocycles. The van der Waals surface area contributed by atoms with Crippen molar-refractivity contribution in [1.82, 2.24) is 0 Å². The summed E-state index contributed by atoms with van der Waals surface area (Å²) in [6, 6.07) is 44.4. The molecule has 0 bridgehead atoms. The molecule has 0 spiro atoms. The van der Waals surface area contributed by atoms with Crippen LogP contribution in [0.3, 0.4) is 0 Å². The number of hydrogen-bond donors (Lipinski definition) is 0. The maximum absolute atomic E-state index is 2.46. The molecular weight excluding hydrogens is 825 g/mol. The number of rotatable bonds is 1. The second-order valence-electron chi connectivity index (χ2n) is 12.0. The first-order valence-electron chi connectivity index (χ1n) is 16.4. The van der Waals surface area contributed by atoms with Gasteiger partial charge < -0.3 is 0 Å². The van der Waals surface area contributed by atoms with E-state index in [1.807, 2.05) is 118 Å². The van der Waals surface area contributed by atoms with Crippen molar-refractivity contribution in [3.63, 3.8) is 0 Å². The third-order valence-corrected chi connectivity index (χ3v) is 21.5. The van der Waals surface area contributed by atoms with Crippen LogP contribution in [-0.2, 0) is 0 Å². The highest BCUT2D eigenvalue weighted by atomic mass is 32.2. The molecule has 0 unspecified atom stereocenters. The van der Waals surface area contributed by atoms with E-state index in [4.69, 9.17) is 0 Å². The summed E-state index contributed by atoms with van der Waals surface area (Å²) in [4.78, 5) is 13.4. The number of allylic oxidation sites excluding steroid dienone is 7. The predicted molar refractivity (Wildman–Crippen MR) is 235 cm³/mol. The normalized spacial score (nSPS) is 18.4. The molecule has 5 heterocycles. The molecule has 1 saturated carbocycles. The maximum atomic E-state index is 2.46. The molecule has 10 heteroatoms. The van der Waals surface area contributed by atoms with Crippen LogP contribution in [0.2, 0.25) is 0 Å². The lowest BCUT2D eigenvalue weighted by Crippen LogP contribution is -1.90. The van der Waals surface area contributed by atoms with Gasteiger partial charge in [-0.1, -0.05) is 184 Å². The monoisotopic (exact) mass is 846 g/mol. The molecule has 52 heavy (non-hydrogen) atoms. The topological polar surface area (TPSA) is 0 Å². The van der Waals surface area contributed by atoms with E-state index in [1.54, 1.807) is 0 Å². The third-order valence-electron chi connectivity index (χ3n) is 8.78. The van der Waals surface area contributed by atoms with Crippen molar-refractivity contribution in [2.45, 2.75) is 49.0 Å². The second-order valence-corrected chi connectivity index (χ2v) is 23.8. The van der Waals surface area contributed by atoms with Crippen molar-refractivity contribution < 1.29 is 0 Å². The zero-order valence-corrected chi connectivity index (χ0v) is 34.9. The predicted octanol–water partition coefficient (Wildman–Crippen LogP) is 16.1. The van der Waals surface area contributed by atoms with Crippen LogP contribution in [0.1, 0.15) is 0 Å². The van der Waals surface area contributed by atoms with Gasteiger partial charge in [-0.2, -0.15) is 0 Å². The molecule has 5 aromatic carbocycles. The van der Waals surface area contributed by atoms with Gasteiger partial charge in [-0.25, -0.2) is 0 Å². The molecule has 1 fully saturated rings. The summed E-state index contributed by atoms with van der Waals surface area (Å²) in [6.07, 6.45) is 4.85. The first kappa shape index (κ1) is 33.4. The minimum atomic E-state index is 1.32. The van der Waals surface area contributed by atoms with Gasteiger partial charge in [0.1, 0.15) is 0 Å². The molecule has 5 aromatic rings. The van der Waals surface area contributed by atoms with Crippen molar-refractivity contribution in [3.05, 3.63) is 183 Å². The van der Waals surface area contributed by atoms with Crippen LogP contribution in [0.5, 0.6) is 0 Å². The van der Waals surface area contributed by atoms with Crippen LogP contribution in [-0.4, -0.2) is 0 Å². The lowest BCUT2D eigenvalue weighted by molar-refractivity contribution is 1.27. The molecule has 0 amide bonds. The Morgan fingerprint density at radius 3 is 0.750 bits per heavy atom. The average Bonchev–Trinajstić information content (AvgIpc) is 4.02. The zero-order valence-electron chi connectivity index (χ0n) is 26.8. The fourth-order valence-corrected chi connectivity index (χ4v) is 19.2. The fourth-order valence-electron chi connectivity index (χ4n) is 6.48. The minimum absolute atomic E-state index is 1.32. The molecule has 250 valence electrons. The van der Waals surface area contributed by atoms with Crippen LogP contribution in [0.4, 0.5) is 0 Å². The summed E-state index contributed by atoms with van der Waals surface area (Å²) >= 11 is 19.3. The second kappa shape index (κ2) is 14.0. The first-order chi connectivity index (χ1) is 25.7. The molecule has 0 aromatic heterocycles. The molecule has 0 nitrogen and oxygen atoms in total. The van der Waals surface area contributed by atoms with E-state index < -0.39 is 0 Å². The Morgan fingerprint density at radius 1 is 0.250 bits per heavy atom. The summed E-state index contributed by atoms with van der Waals surface area (Å²) in [5.74, 6) is 0. The van der Waals surface area contributed by atoms with Crippen molar-refractivity contribution >= 4 is 118 Å². The highest BCUT2D eigenvalue weighted by Gasteiger charge is 2.43. The lowest BCUT2D eigenvalue weighted by atomic mass is 10.1. The number of benzene rings is 5. The quantitative estimate of drug-likeness (QED) is 0.159. The van der Waals surface area contributed by atoms with E-state index in [1.165, 1.54) is 98.0 Å². The van der Waals surface area contributed by atoms with E-state index >= 15 is 0 Å². The Hall–Kier alpha value is -1.96. The number of thioether (sulfide) groups is 10. The van der Waals surface area contributed by atoms with Gasteiger partial charge in [0.15, 0.2) is 0 Å². The number of hydrogen-bond acceptors (Lipinski definition) is 10. The summed E-state index contributed by atoms with van der Waals surface area (Å²) in [7, 11) is 0. The molecule has 6 aliphatic rings. The Bertz CT molecular complexity index is 2310. The van der Waals surface area contributed by atoms with Gasteiger partial charge in [-0.15, -0.1) is 0 Å². The van der Waals surface area contributed by atoms with E-state index in [0.717, 1.165) is 0 Å². The molecular formula is C42H22S10. The van der Waals surface area contributed by atoms with Crippen molar-refractivity contribution in [2.24, 2.45) is 0 Å².